The number of aliphatic hydroxyl groups excluding tert-OH is 1. The molecule has 0 bridgehead atoms. The summed E-state index contributed by atoms with van der Waals surface area (Å²) >= 11 is 0. The molecule has 1 aliphatic heterocycles. The molecule has 6 heteroatoms. The summed E-state index contributed by atoms with van der Waals surface area (Å²) < 4.78 is 33.0. The number of ether oxygens (including phenoxy) is 2. The van der Waals surface area contributed by atoms with E-state index in [2.05, 4.69) is 0 Å². The predicted octanol–water partition coefficient (Wildman–Crippen LogP) is 0.796. The zero-order valence-electron chi connectivity index (χ0n) is 10.8. The molecule has 0 unspecified atom stereocenters. The van der Waals surface area contributed by atoms with E-state index in [-0.39, 0.29) is 24.2 Å². The normalized spacial score (nSPS) is 17.8. The summed E-state index contributed by atoms with van der Waals surface area (Å²) in [7, 11) is -1.33. The van der Waals surface area contributed by atoms with Crippen molar-refractivity contribution in [2.24, 2.45) is 0 Å². The van der Waals surface area contributed by atoms with Crippen LogP contribution in [0.15, 0.2) is 18.2 Å². The van der Waals surface area contributed by atoms with Crippen LogP contribution >= 0.6 is 0 Å². The summed E-state index contributed by atoms with van der Waals surface area (Å²) in [5, 5.41) is 8.80. The van der Waals surface area contributed by atoms with Gasteiger partial charge in [-0.05, 0) is 30.5 Å². The second-order valence-corrected chi connectivity index (χ2v) is 6.78. The second-order valence-electron chi connectivity index (χ2n) is 4.63. The second kappa shape index (κ2) is 5.79. The van der Waals surface area contributed by atoms with Crippen LogP contribution < -0.4 is 9.47 Å². The number of hydrogen-bond donors (Lipinski definition) is 1. The lowest BCUT2D eigenvalue weighted by Crippen LogP contribution is -2.45. The van der Waals surface area contributed by atoms with Crippen LogP contribution in [0.4, 0.5) is 0 Å². The number of benzene rings is 1. The number of aliphatic hydroxyl groups is 1. The Hall–Kier alpha value is -1.27. The Balaban J connectivity index is 2.04. The maximum absolute atomic E-state index is 11.1. The minimum atomic E-state index is -2.88. The van der Waals surface area contributed by atoms with Gasteiger partial charge in [0, 0.05) is 6.61 Å². The van der Waals surface area contributed by atoms with Gasteiger partial charge in [0.2, 0.25) is 0 Å². The van der Waals surface area contributed by atoms with E-state index in [4.69, 9.17) is 14.6 Å². The molecule has 5 nitrogen and oxygen atoms in total. The van der Waals surface area contributed by atoms with Gasteiger partial charge in [-0.1, -0.05) is 6.07 Å². The number of methoxy groups -OCH3 is 1. The number of hydrogen-bond acceptors (Lipinski definition) is 5. The van der Waals surface area contributed by atoms with Crippen LogP contribution in [0.2, 0.25) is 0 Å². The fourth-order valence-electron chi connectivity index (χ4n) is 2.01. The Kier molecular flexibility index (Phi) is 4.31. The third-order valence-electron chi connectivity index (χ3n) is 3.02. The van der Waals surface area contributed by atoms with Gasteiger partial charge in [-0.2, -0.15) is 0 Å². The first kappa shape index (κ1) is 14.1. The molecule has 0 spiro atoms. The number of rotatable bonds is 6. The average molecular weight is 286 g/mol. The van der Waals surface area contributed by atoms with Crippen molar-refractivity contribution in [1.82, 2.24) is 0 Å². The van der Waals surface area contributed by atoms with Gasteiger partial charge in [-0.25, -0.2) is 8.42 Å². The van der Waals surface area contributed by atoms with Crippen molar-refractivity contribution >= 4 is 9.84 Å². The van der Waals surface area contributed by atoms with E-state index < -0.39 is 9.84 Å². The van der Waals surface area contributed by atoms with Gasteiger partial charge < -0.3 is 14.6 Å². The highest BCUT2D eigenvalue weighted by Gasteiger charge is 2.35. The Morgan fingerprint density at radius 2 is 2.05 bits per heavy atom. The molecule has 1 aromatic rings. The van der Waals surface area contributed by atoms with Crippen molar-refractivity contribution in [2.75, 3.05) is 25.2 Å². The van der Waals surface area contributed by atoms with Gasteiger partial charge in [0.05, 0.1) is 18.6 Å². The molecule has 1 N–H and O–H groups in total. The molecule has 2 rings (SSSR count). The summed E-state index contributed by atoms with van der Waals surface area (Å²) in [5.74, 6) is 1.31. The molecule has 1 aromatic carbocycles. The molecule has 1 aliphatic rings. The zero-order chi connectivity index (χ0) is 13.9. The molecule has 0 radical (unpaired) electrons. The molecule has 106 valence electrons. The fraction of sp³-hybridized carbons (Fsp3) is 0.538. The standard InChI is InChI=1S/C13H18O5S/c1-17-13-7-10(3-2-6-14)4-5-12(13)18-11-8-19(15,16)9-11/h4-5,7,11,14H,2-3,6,8-9H2,1H3. The largest absolute Gasteiger partial charge is 0.493 e. The predicted molar refractivity (Wildman–Crippen MR) is 71.5 cm³/mol. The monoisotopic (exact) mass is 286 g/mol. The van der Waals surface area contributed by atoms with Crippen molar-refractivity contribution in [3.05, 3.63) is 23.8 Å². The third kappa shape index (κ3) is 3.61. The van der Waals surface area contributed by atoms with Crippen LogP contribution in [0.1, 0.15) is 12.0 Å². The lowest BCUT2D eigenvalue weighted by atomic mass is 10.1. The highest BCUT2D eigenvalue weighted by Crippen LogP contribution is 2.31. The van der Waals surface area contributed by atoms with Crippen molar-refractivity contribution in [3.8, 4) is 11.5 Å². The van der Waals surface area contributed by atoms with E-state index in [1.807, 2.05) is 12.1 Å². The summed E-state index contributed by atoms with van der Waals surface area (Å²) in [6.07, 6.45) is 1.19. The highest BCUT2D eigenvalue weighted by molar-refractivity contribution is 7.92. The quantitative estimate of drug-likeness (QED) is 0.837. The summed E-state index contributed by atoms with van der Waals surface area (Å²) in [6, 6.07) is 5.55. The van der Waals surface area contributed by atoms with Gasteiger partial charge in [0.25, 0.3) is 0 Å². The smallest absolute Gasteiger partial charge is 0.161 e. The fourth-order valence-corrected chi connectivity index (χ4v) is 3.18. The van der Waals surface area contributed by atoms with E-state index in [1.165, 1.54) is 0 Å². The van der Waals surface area contributed by atoms with Crippen LogP contribution in [-0.4, -0.2) is 44.9 Å². The molecule has 1 heterocycles. The molecule has 1 fully saturated rings. The van der Waals surface area contributed by atoms with E-state index in [0.717, 1.165) is 12.0 Å². The van der Waals surface area contributed by atoms with Gasteiger partial charge in [0.1, 0.15) is 6.10 Å². The average Bonchev–Trinajstić information content (AvgIpc) is 2.35. The van der Waals surface area contributed by atoms with Crippen LogP contribution in [0.25, 0.3) is 0 Å². The van der Waals surface area contributed by atoms with Crippen LogP contribution in [0.3, 0.4) is 0 Å². The molecular weight excluding hydrogens is 268 g/mol. The van der Waals surface area contributed by atoms with Gasteiger partial charge in [0.15, 0.2) is 21.3 Å². The summed E-state index contributed by atoms with van der Waals surface area (Å²) in [4.78, 5) is 0. The molecule has 0 aliphatic carbocycles. The minimum Gasteiger partial charge on any atom is -0.493 e. The summed E-state index contributed by atoms with van der Waals surface area (Å²) in [5.41, 5.74) is 1.06. The zero-order valence-corrected chi connectivity index (χ0v) is 11.6. The number of aryl methyl sites for hydroxylation is 1. The Labute approximate surface area is 113 Å². The van der Waals surface area contributed by atoms with Crippen LogP contribution in [0.5, 0.6) is 11.5 Å². The topological polar surface area (TPSA) is 72.8 Å². The number of sulfone groups is 1. The third-order valence-corrected chi connectivity index (χ3v) is 4.78. The van der Waals surface area contributed by atoms with Crippen LogP contribution in [-0.2, 0) is 16.3 Å². The molecule has 0 atom stereocenters. The maximum Gasteiger partial charge on any atom is 0.161 e. The van der Waals surface area contributed by atoms with Crippen molar-refractivity contribution in [3.63, 3.8) is 0 Å². The van der Waals surface area contributed by atoms with Gasteiger partial charge in [-0.3, -0.25) is 0 Å². The molecule has 19 heavy (non-hydrogen) atoms. The molecule has 0 saturated carbocycles. The van der Waals surface area contributed by atoms with Crippen molar-refractivity contribution in [1.29, 1.82) is 0 Å². The molecular formula is C13H18O5S. The van der Waals surface area contributed by atoms with Gasteiger partial charge >= 0.3 is 0 Å². The Morgan fingerprint density at radius 3 is 2.63 bits per heavy atom. The maximum atomic E-state index is 11.1. The minimum absolute atomic E-state index is 0.0718. The summed E-state index contributed by atoms with van der Waals surface area (Å²) in [6.45, 7) is 0.153. The SMILES string of the molecule is COc1cc(CCCO)ccc1OC1CS(=O)(=O)C1. The Bertz CT molecular complexity index is 526. The first-order chi connectivity index (χ1) is 9.04. The Morgan fingerprint density at radius 1 is 1.32 bits per heavy atom. The van der Waals surface area contributed by atoms with E-state index in [1.54, 1.807) is 13.2 Å². The lowest BCUT2D eigenvalue weighted by Gasteiger charge is -2.27. The van der Waals surface area contributed by atoms with E-state index in [9.17, 15) is 8.42 Å². The molecule has 0 amide bonds. The van der Waals surface area contributed by atoms with Gasteiger partial charge in [-0.15, -0.1) is 0 Å². The van der Waals surface area contributed by atoms with Crippen molar-refractivity contribution in [2.45, 2.75) is 18.9 Å². The van der Waals surface area contributed by atoms with E-state index >= 15 is 0 Å². The molecule has 1 saturated heterocycles. The lowest BCUT2D eigenvalue weighted by molar-refractivity contribution is 0.219. The van der Waals surface area contributed by atoms with Crippen molar-refractivity contribution < 1.29 is 23.0 Å². The highest BCUT2D eigenvalue weighted by atomic mass is 32.2. The van der Waals surface area contributed by atoms with E-state index in [0.29, 0.717) is 17.9 Å². The first-order valence-electron chi connectivity index (χ1n) is 6.19. The first-order valence-corrected chi connectivity index (χ1v) is 8.01. The van der Waals surface area contributed by atoms with Crippen LogP contribution in [0, 0.1) is 0 Å². The molecule has 0 aromatic heterocycles.